The lowest BCUT2D eigenvalue weighted by Crippen LogP contribution is -3.00. The van der Waals surface area contributed by atoms with Gasteiger partial charge in [-0.1, -0.05) is 13.0 Å². The molecule has 0 aromatic carbocycles. The van der Waals surface area contributed by atoms with Crippen LogP contribution in [-0.4, -0.2) is 30.4 Å². The third-order valence-corrected chi connectivity index (χ3v) is 2.47. The lowest BCUT2D eigenvalue weighted by Gasteiger charge is -2.16. The average Bonchev–Trinajstić information content (AvgIpc) is 2.25. The summed E-state index contributed by atoms with van der Waals surface area (Å²) in [6.07, 6.45) is 4.18. The monoisotopic (exact) mass is 284 g/mol. The van der Waals surface area contributed by atoms with Gasteiger partial charge in [0, 0.05) is 24.6 Å². The van der Waals surface area contributed by atoms with Gasteiger partial charge in [0.1, 0.15) is 0 Å². The molecular formula is C11H19Cl3N2. The van der Waals surface area contributed by atoms with Crippen LogP contribution in [0.2, 0.25) is 0 Å². The van der Waals surface area contributed by atoms with Gasteiger partial charge in [0.2, 0.25) is 0 Å². The van der Waals surface area contributed by atoms with E-state index in [1.54, 1.807) is 0 Å². The van der Waals surface area contributed by atoms with Crippen LogP contribution >= 0.6 is 24.0 Å². The zero-order valence-electron chi connectivity index (χ0n) is 9.48. The van der Waals surface area contributed by atoms with Crippen LogP contribution in [0.3, 0.4) is 0 Å². The van der Waals surface area contributed by atoms with Crippen molar-refractivity contribution >= 4 is 24.0 Å². The van der Waals surface area contributed by atoms with Crippen molar-refractivity contribution in [3.05, 3.63) is 30.6 Å². The molecule has 0 spiro atoms. The molecule has 94 valence electrons. The average molecular weight is 286 g/mol. The highest BCUT2D eigenvalue weighted by Crippen LogP contribution is 1.89. The highest BCUT2D eigenvalue weighted by Gasteiger charge is 2.04. The van der Waals surface area contributed by atoms with Crippen LogP contribution in [0.4, 0.5) is 0 Å². The third kappa shape index (κ3) is 7.29. The molecule has 0 fully saturated rings. The van der Waals surface area contributed by atoms with Gasteiger partial charge in [0.25, 0.3) is 0 Å². The zero-order chi connectivity index (χ0) is 10.2. The predicted molar refractivity (Wildman–Crippen MR) is 66.7 cm³/mol. The van der Waals surface area contributed by atoms with Crippen LogP contribution in [0.25, 0.3) is 0 Å². The first-order chi connectivity index (χ1) is 6.86. The van der Waals surface area contributed by atoms with Crippen LogP contribution < -0.4 is 17.0 Å². The van der Waals surface area contributed by atoms with E-state index in [0.29, 0.717) is 5.88 Å². The minimum absolute atomic E-state index is 0. The molecule has 0 radical (unpaired) electrons. The molecule has 5 heteroatoms. The van der Waals surface area contributed by atoms with Crippen molar-refractivity contribution in [1.29, 1.82) is 0 Å². The number of pyridine rings is 1. The zero-order valence-corrected chi connectivity index (χ0v) is 11.8. The molecule has 0 saturated heterocycles. The molecule has 0 saturated carbocycles. The van der Waals surface area contributed by atoms with Crippen LogP contribution in [0, 0.1) is 0 Å². The van der Waals surface area contributed by atoms with Crippen molar-refractivity contribution in [2.24, 2.45) is 0 Å². The summed E-state index contributed by atoms with van der Waals surface area (Å²) in [7, 11) is 0. The lowest BCUT2D eigenvalue weighted by atomic mass is 10.4. The smallest absolute Gasteiger partial charge is 0.168 e. The van der Waals surface area contributed by atoms with E-state index in [1.807, 2.05) is 6.07 Å². The first kappa shape index (κ1) is 18.3. The van der Waals surface area contributed by atoms with E-state index in [0.717, 1.165) is 26.2 Å². The molecule has 0 amide bonds. The molecule has 1 aromatic rings. The van der Waals surface area contributed by atoms with Crippen molar-refractivity contribution in [2.45, 2.75) is 13.5 Å². The summed E-state index contributed by atoms with van der Waals surface area (Å²) in [5.41, 5.74) is 0. The summed E-state index contributed by atoms with van der Waals surface area (Å²) in [6.45, 7) is 6.32. The fourth-order valence-electron chi connectivity index (χ4n) is 1.39. The van der Waals surface area contributed by atoms with E-state index >= 15 is 0 Å². The Hall–Kier alpha value is -0.0200. The van der Waals surface area contributed by atoms with Crippen LogP contribution in [0.5, 0.6) is 0 Å². The van der Waals surface area contributed by atoms with Gasteiger partial charge >= 0.3 is 0 Å². The summed E-state index contributed by atoms with van der Waals surface area (Å²) in [6, 6.07) is 6.14. The standard InChI is InChI=1S/C11H18ClN2.2ClH/c1-2-13(9-6-12)10-11-14-7-4-3-5-8-14;;/h3-5,7-8H,2,6,9-11H2,1H3;2*1H/q+1;;/p-1. The van der Waals surface area contributed by atoms with Crippen molar-refractivity contribution in [3.63, 3.8) is 0 Å². The summed E-state index contributed by atoms with van der Waals surface area (Å²) in [4.78, 5) is 2.35. The molecule has 0 aliphatic carbocycles. The second-order valence-electron chi connectivity index (χ2n) is 3.24. The maximum Gasteiger partial charge on any atom is 0.168 e. The summed E-state index contributed by atoms with van der Waals surface area (Å²) in [5, 5.41) is 0. The summed E-state index contributed by atoms with van der Waals surface area (Å²) >= 11 is 5.71. The van der Waals surface area contributed by atoms with Crippen LogP contribution in [0.15, 0.2) is 30.6 Å². The first-order valence-corrected chi connectivity index (χ1v) is 5.62. The number of hydrogen-bond acceptors (Lipinski definition) is 1. The van der Waals surface area contributed by atoms with Crippen molar-refractivity contribution in [1.82, 2.24) is 4.90 Å². The number of hydrogen-bond donors (Lipinski definition) is 0. The molecule has 0 atom stereocenters. The molecule has 0 aliphatic rings. The molecule has 1 heterocycles. The molecule has 2 nitrogen and oxygen atoms in total. The van der Waals surface area contributed by atoms with Crippen LogP contribution in [0.1, 0.15) is 6.92 Å². The minimum atomic E-state index is 0. The highest BCUT2D eigenvalue weighted by molar-refractivity contribution is 6.18. The van der Waals surface area contributed by atoms with E-state index in [2.05, 4.69) is 40.9 Å². The highest BCUT2D eigenvalue weighted by atomic mass is 35.5. The topological polar surface area (TPSA) is 7.12 Å². The maximum absolute atomic E-state index is 5.71. The Morgan fingerprint density at radius 2 is 1.75 bits per heavy atom. The first-order valence-electron chi connectivity index (χ1n) is 5.09. The van der Waals surface area contributed by atoms with Crippen molar-refractivity contribution in [2.75, 3.05) is 25.5 Å². The molecule has 0 bridgehead atoms. The van der Waals surface area contributed by atoms with Gasteiger partial charge in [-0.05, 0) is 6.54 Å². The quantitative estimate of drug-likeness (QED) is 0.478. The van der Waals surface area contributed by atoms with E-state index < -0.39 is 0 Å². The number of likely N-dealkylation sites (N-methyl/N-ethyl adjacent to an activating group) is 1. The Morgan fingerprint density at radius 1 is 1.12 bits per heavy atom. The third-order valence-electron chi connectivity index (χ3n) is 2.30. The number of alkyl halides is 1. The molecule has 1 aromatic heterocycles. The van der Waals surface area contributed by atoms with E-state index in [-0.39, 0.29) is 24.8 Å². The fraction of sp³-hybridized carbons (Fsp3) is 0.545. The van der Waals surface area contributed by atoms with Crippen molar-refractivity contribution < 1.29 is 17.0 Å². The van der Waals surface area contributed by atoms with E-state index in [9.17, 15) is 0 Å². The lowest BCUT2D eigenvalue weighted by molar-refractivity contribution is -0.696. The van der Waals surface area contributed by atoms with Gasteiger partial charge in [0.05, 0.1) is 6.54 Å². The molecule has 1 rings (SSSR count). The summed E-state index contributed by atoms with van der Waals surface area (Å²) < 4.78 is 2.19. The molecule has 0 aliphatic heterocycles. The van der Waals surface area contributed by atoms with Gasteiger partial charge in [0.15, 0.2) is 18.9 Å². The van der Waals surface area contributed by atoms with E-state index in [1.165, 1.54) is 0 Å². The second kappa shape index (κ2) is 11.5. The fourth-order valence-corrected chi connectivity index (χ4v) is 1.63. The van der Waals surface area contributed by atoms with Gasteiger partial charge in [-0.15, -0.1) is 24.0 Å². The van der Waals surface area contributed by atoms with Crippen LogP contribution in [-0.2, 0) is 6.54 Å². The Morgan fingerprint density at radius 3 is 2.25 bits per heavy atom. The second-order valence-corrected chi connectivity index (χ2v) is 3.61. The van der Waals surface area contributed by atoms with Gasteiger partial charge in [-0.25, -0.2) is 4.57 Å². The number of rotatable bonds is 6. The Balaban J connectivity index is 0. The van der Waals surface area contributed by atoms with Crippen molar-refractivity contribution in [3.8, 4) is 0 Å². The predicted octanol–water partition coefficient (Wildman–Crippen LogP) is -1.04. The molecule has 16 heavy (non-hydrogen) atoms. The number of halogens is 3. The Kier molecular flexibility index (Phi) is 13.1. The normalized spacial score (nSPS) is 9.44. The minimum Gasteiger partial charge on any atom is -1.00 e. The summed E-state index contributed by atoms with van der Waals surface area (Å²) in [5.74, 6) is 0.716. The molecular weight excluding hydrogens is 266 g/mol. The largest absolute Gasteiger partial charge is 1.00 e. The number of nitrogens with zero attached hydrogens (tertiary/aromatic N) is 2. The van der Waals surface area contributed by atoms with Gasteiger partial charge in [-0.3, -0.25) is 4.90 Å². The van der Waals surface area contributed by atoms with Gasteiger partial charge < -0.3 is 12.4 Å². The maximum atomic E-state index is 5.71. The Labute approximate surface area is 115 Å². The SMILES string of the molecule is CCN(CCCl)CC[n+]1ccccc1.Cl.[Cl-]. The molecule has 0 N–H and O–H groups in total. The van der Waals surface area contributed by atoms with E-state index in [4.69, 9.17) is 11.6 Å². The number of aromatic nitrogens is 1. The Bertz CT molecular complexity index is 244. The molecule has 0 unspecified atom stereocenters. The van der Waals surface area contributed by atoms with Gasteiger partial charge in [-0.2, -0.15) is 0 Å².